The molecule has 0 unspecified atom stereocenters. The van der Waals surface area contributed by atoms with E-state index in [1.165, 1.54) is 4.70 Å². The van der Waals surface area contributed by atoms with Gasteiger partial charge in [0.2, 0.25) is 0 Å². The Bertz CT molecular complexity index is 645. The maximum Gasteiger partial charge on any atom is 0.125 e. The van der Waals surface area contributed by atoms with E-state index in [-0.39, 0.29) is 0 Å². The second-order valence-corrected chi connectivity index (χ2v) is 5.41. The number of hydrogen-bond donors (Lipinski definition) is 0. The first-order chi connectivity index (χ1) is 8.36. The van der Waals surface area contributed by atoms with Crippen LogP contribution in [0, 0.1) is 0 Å². The first-order valence-corrected chi connectivity index (χ1v) is 6.90. The Hall–Kier alpha value is -1.30. The molecule has 0 aliphatic carbocycles. The predicted molar refractivity (Wildman–Crippen MR) is 71.4 cm³/mol. The molecule has 0 fully saturated rings. The van der Waals surface area contributed by atoms with Crippen LogP contribution in [0.25, 0.3) is 20.8 Å². The maximum atomic E-state index is 5.07. The highest BCUT2D eigenvalue weighted by Crippen LogP contribution is 2.28. The summed E-state index contributed by atoms with van der Waals surface area (Å²) in [4.78, 5) is 8.94. The van der Waals surface area contributed by atoms with Crippen LogP contribution in [0.5, 0.6) is 0 Å². The largest absolute Gasteiger partial charge is 0.378 e. The van der Waals surface area contributed by atoms with Gasteiger partial charge in [-0.1, -0.05) is 0 Å². The van der Waals surface area contributed by atoms with Gasteiger partial charge in [-0.05, 0) is 17.5 Å². The van der Waals surface area contributed by atoms with Crippen molar-refractivity contribution in [1.82, 2.24) is 9.97 Å². The molecule has 0 bridgehead atoms. The summed E-state index contributed by atoms with van der Waals surface area (Å²) in [5, 5.41) is 5.08. The molecule has 0 saturated carbocycles. The minimum absolute atomic E-state index is 0.561. The van der Waals surface area contributed by atoms with Crippen LogP contribution in [0.15, 0.2) is 29.1 Å². The molecule has 3 aromatic rings. The van der Waals surface area contributed by atoms with Gasteiger partial charge in [0.05, 0.1) is 22.5 Å². The van der Waals surface area contributed by atoms with Crippen molar-refractivity contribution < 1.29 is 4.74 Å². The third-order valence-corrected chi connectivity index (χ3v) is 4.19. The summed E-state index contributed by atoms with van der Waals surface area (Å²) in [5.74, 6) is 0. The van der Waals surface area contributed by atoms with Crippen molar-refractivity contribution >= 4 is 32.9 Å². The summed E-state index contributed by atoms with van der Waals surface area (Å²) in [6.07, 6.45) is 1.88. The number of ether oxygens (including phenoxy) is 1. The molecule has 0 radical (unpaired) electrons. The first-order valence-electron chi connectivity index (χ1n) is 5.14. The molecule has 0 atom stereocenters. The fraction of sp³-hybridized carbons (Fsp3) is 0.167. The number of thiazole rings is 1. The van der Waals surface area contributed by atoms with E-state index < -0.39 is 0 Å². The van der Waals surface area contributed by atoms with E-state index in [1.807, 2.05) is 17.6 Å². The Morgan fingerprint density at radius 1 is 1.35 bits per heavy atom. The highest BCUT2D eigenvalue weighted by atomic mass is 32.1. The molecule has 3 heterocycles. The summed E-state index contributed by atoms with van der Waals surface area (Å²) in [6.45, 7) is 0.561. The van der Waals surface area contributed by atoms with E-state index in [4.69, 9.17) is 4.74 Å². The molecule has 0 amide bonds. The highest BCUT2D eigenvalue weighted by Gasteiger charge is 2.06. The number of hydrogen-bond acceptors (Lipinski definition) is 5. The summed E-state index contributed by atoms with van der Waals surface area (Å²) in [7, 11) is 1.68. The van der Waals surface area contributed by atoms with Gasteiger partial charge in [-0.2, -0.15) is 0 Å². The molecule has 0 aliphatic heterocycles. The standard InChI is InChI=1S/C12H10N2OS2/c1-15-6-9-7-17-12(14-9)8-4-11-10(13-5-8)2-3-16-11/h2-5,7H,6H2,1H3. The number of nitrogens with zero attached hydrogens (tertiary/aromatic N) is 2. The lowest BCUT2D eigenvalue weighted by Crippen LogP contribution is -1.87. The van der Waals surface area contributed by atoms with E-state index in [1.54, 1.807) is 29.8 Å². The van der Waals surface area contributed by atoms with Crippen LogP contribution in [0.2, 0.25) is 0 Å². The van der Waals surface area contributed by atoms with Crippen molar-refractivity contribution in [1.29, 1.82) is 0 Å². The van der Waals surface area contributed by atoms with Gasteiger partial charge in [0.15, 0.2) is 0 Å². The molecule has 3 aromatic heterocycles. The second kappa shape index (κ2) is 4.52. The van der Waals surface area contributed by atoms with Crippen molar-refractivity contribution in [2.45, 2.75) is 6.61 Å². The molecular formula is C12H10N2OS2. The molecule has 86 valence electrons. The average Bonchev–Trinajstić information content (AvgIpc) is 2.96. The second-order valence-electron chi connectivity index (χ2n) is 3.60. The van der Waals surface area contributed by atoms with Crippen molar-refractivity contribution in [2.75, 3.05) is 7.11 Å². The van der Waals surface area contributed by atoms with Crippen LogP contribution in [-0.2, 0) is 11.3 Å². The quantitative estimate of drug-likeness (QED) is 0.724. The number of rotatable bonds is 3. The monoisotopic (exact) mass is 262 g/mol. The molecule has 3 nitrogen and oxygen atoms in total. The van der Waals surface area contributed by atoms with Gasteiger partial charge < -0.3 is 4.74 Å². The minimum atomic E-state index is 0.561. The van der Waals surface area contributed by atoms with Gasteiger partial charge in [-0.25, -0.2) is 4.98 Å². The fourth-order valence-electron chi connectivity index (χ4n) is 1.62. The summed E-state index contributed by atoms with van der Waals surface area (Å²) in [5.41, 5.74) is 3.10. The van der Waals surface area contributed by atoms with Crippen molar-refractivity contribution in [2.24, 2.45) is 0 Å². The zero-order valence-electron chi connectivity index (χ0n) is 9.21. The molecule has 17 heavy (non-hydrogen) atoms. The number of pyridine rings is 1. The Kier molecular flexibility index (Phi) is 2.88. The Morgan fingerprint density at radius 2 is 2.29 bits per heavy atom. The molecule has 0 spiro atoms. The summed E-state index contributed by atoms with van der Waals surface area (Å²) >= 11 is 3.33. The SMILES string of the molecule is COCc1csc(-c2cnc3ccsc3c2)n1. The van der Waals surface area contributed by atoms with Crippen LogP contribution in [-0.4, -0.2) is 17.1 Å². The molecule has 5 heteroatoms. The van der Waals surface area contributed by atoms with Gasteiger partial charge in [-0.15, -0.1) is 22.7 Å². The van der Waals surface area contributed by atoms with Crippen LogP contribution >= 0.6 is 22.7 Å². The Labute approximate surface area is 107 Å². The minimum Gasteiger partial charge on any atom is -0.378 e. The zero-order chi connectivity index (χ0) is 11.7. The summed E-state index contributed by atoms with van der Waals surface area (Å²) < 4.78 is 6.27. The molecule has 0 N–H and O–H groups in total. The van der Waals surface area contributed by atoms with E-state index >= 15 is 0 Å². The van der Waals surface area contributed by atoms with Gasteiger partial charge in [0, 0.05) is 24.3 Å². The van der Waals surface area contributed by atoms with Crippen molar-refractivity contribution in [3.63, 3.8) is 0 Å². The van der Waals surface area contributed by atoms with Gasteiger partial charge in [-0.3, -0.25) is 4.98 Å². The Balaban J connectivity index is 2.00. The number of methoxy groups -OCH3 is 1. The maximum absolute atomic E-state index is 5.07. The highest BCUT2D eigenvalue weighted by molar-refractivity contribution is 7.17. The van der Waals surface area contributed by atoms with E-state index in [0.29, 0.717) is 6.61 Å². The molecule has 3 rings (SSSR count). The third-order valence-electron chi connectivity index (χ3n) is 2.39. The first kappa shape index (κ1) is 10.8. The zero-order valence-corrected chi connectivity index (χ0v) is 10.8. The fourth-order valence-corrected chi connectivity index (χ4v) is 3.18. The molecule has 0 aromatic carbocycles. The van der Waals surface area contributed by atoms with Gasteiger partial charge in [0.1, 0.15) is 5.01 Å². The number of fused-ring (bicyclic) bond motifs is 1. The van der Waals surface area contributed by atoms with E-state index in [9.17, 15) is 0 Å². The molecular weight excluding hydrogens is 252 g/mol. The van der Waals surface area contributed by atoms with Gasteiger partial charge in [0.25, 0.3) is 0 Å². The predicted octanol–water partition coefficient (Wildman–Crippen LogP) is 3.57. The molecule has 0 saturated heterocycles. The van der Waals surface area contributed by atoms with Gasteiger partial charge >= 0.3 is 0 Å². The third kappa shape index (κ3) is 2.09. The Morgan fingerprint density at radius 3 is 3.18 bits per heavy atom. The lowest BCUT2D eigenvalue weighted by molar-refractivity contribution is 0.182. The number of aromatic nitrogens is 2. The van der Waals surface area contributed by atoms with Crippen molar-refractivity contribution in [3.8, 4) is 10.6 Å². The number of thiophene rings is 1. The van der Waals surface area contributed by atoms with Crippen LogP contribution in [0.4, 0.5) is 0 Å². The van der Waals surface area contributed by atoms with Crippen LogP contribution in [0.3, 0.4) is 0 Å². The van der Waals surface area contributed by atoms with Crippen LogP contribution in [0.1, 0.15) is 5.69 Å². The topological polar surface area (TPSA) is 35.0 Å². The average molecular weight is 262 g/mol. The molecule has 0 aliphatic rings. The van der Waals surface area contributed by atoms with Crippen molar-refractivity contribution in [3.05, 3.63) is 34.8 Å². The smallest absolute Gasteiger partial charge is 0.125 e. The summed E-state index contributed by atoms with van der Waals surface area (Å²) in [6, 6.07) is 4.17. The lowest BCUT2D eigenvalue weighted by atomic mass is 10.3. The lowest BCUT2D eigenvalue weighted by Gasteiger charge is -1.96. The van der Waals surface area contributed by atoms with E-state index in [0.717, 1.165) is 21.8 Å². The van der Waals surface area contributed by atoms with E-state index in [2.05, 4.69) is 21.4 Å². The normalized spacial score (nSPS) is 11.1. The van der Waals surface area contributed by atoms with Crippen LogP contribution < -0.4 is 0 Å².